The highest BCUT2D eigenvalue weighted by Crippen LogP contribution is 2.23. The summed E-state index contributed by atoms with van der Waals surface area (Å²) in [5.41, 5.74) is 9.62. The molecule has 0 bridgehead atoms. The van der Waals surface area contributed by atoms with Crippen LogP contribution in [0.15, 0.2) is 60.9 Å². The lowest BCUT2D eigenvalue weighted by molar-refractivity contribution is -0.164. The number of rotatable bonds is 13. The first-order valence-corrected chi connectivity index (χ1v) is 13.4. The number of carbonyl (C=O) groups is 2. The van der Waals surface area contributed by atoms with Crippen molar-refractivity contribution in [3.05, 3.63) is 66.5 Å². The number of unbranched alkanes of at least 4 members (excludes halogenated alkanes) is 4. The Balaban J connectivity index is 1.27. The maximum atomic E-state index is 12.1. The molecule has 1 aromatic heterocycles. The van der Waals surface area contributed by atoms with Gasteiger partial charge in [-0.15, -0.1) is 0 Å². The second kappa shape index (κ2) is 13.8. The van der Waals surface area contributed by atoms with E-state index in [0.29, 0.717) is 18.9 Å². The number of benzene rings is 2. The Morgan fingerprint density at radius 2 is 1.58 bits per heavy atom. The Morgan fingerprint density at radius 1 is 0.921 bits per heavy atom. The third kappa shape index (κ3) is 7.69. The molecular formula is C30H36N4O4. The summed E-state index contributed by atoms with van der Waals surface area (Å²) in [7, 11) is 0. The molecule has 2 aromatic carbocycles. The van der Waals surface area contributed by atoms with Crippen molar-refractivity contribution in [1.82, 2.24) is 15.3 Å². The lowest BCUT2D eigenvalue weighted by Crippen LogP contribution is -2.48. The second-order valence-electron chi connectivity index (χ2n) is 9.69. The van der Waals surface area contributed by atoms with Gasteiger partial charge < -0.3 is 20.5 Å². The third-order valence-corrected chi connectivity index (χ3v) is 6.64. The molecule has 38 heavy (non-hydrogen) atoms. The fourth-order valence-corrected chi connectivity index (χ4v) is 4.11. The minimum atomic E-state index is -0.907. The van der Waals surface area contributed by atoms with Crippen molar-refractivity contribution in [2.24, 2.45) is 11.7 Å². The van der Waals surface area contributed by atoms with Gasteiger partial charge in [0.05, 0.1) is 12.5 Å². The average molecular weight is 517 g/mol. The number of nitrogens with zero attached hydrogens (tertiary/aromatic N) is 2. The standard InChI is InChI=1S/C30H36N4O4/c1-2-3-4-5-6-15-37-26-13-11-22(12-14-26)24-19-33-28(34-20-24)23-9-7-21(8-10-23)16-27(31)30(36)38-29(35)25-17-32-18-25/h7-14,19-20,25,27,32H,2-6,15-18,31H2,1H3/t27-/m0/s1. The highest BCUT2D eigenvalue weighted by Gasteiger charge is 2.29. The molecule has 0 spiro atoms. The van der Waals surface area contributed by atoms with Gasteiger partial charge in [0.15, 0.2) is 5.82 Å². The van der Waals surface area contributed by atoms with E-state index in [2.05, 4.69) is 22.2 Å². The smallest absolute Gasteiger partial charge is 0.330 e. The summed E-state index contributed by atoms with van der Waals surface area (Å²) >= 11 is 0. The van der Waals surface area contributed by atoms with Crippen LogP contribution in [0, 0.1) is 5.92 Å². The van der Waals surface area contributed by atoms with Crippen LogP contribution >= 0.6 is 0 Å². The SMILES string of the molecule is CCCCCCCOc1ccc(-c2cnc(-c3ccc(C[C@H](N)C(=O)OC(=O)C4CNC4)cc3)nc2)cc1. The van der Waals surface area contributed by atoms with Crippen LogP contribution in [0.25, 0.3) is 22.5 Å². The van der Waals surface area contributed by atoms with Gasteiger partial charge in [0, 0.05) is 36.6 Å². The van der Waals surface area contributed by atoms with Gasteiger partial charge in [-0.05, 0) is 36.1 Å². The molecule has 200 valence electrons. The highest BCUT2D eigenvalue weighted by atomic mass is 16.6. The van der Waals surface area contributed by atoms with Crippen molar-refractivity contribution in [3.8, 4) is 28.3 Å². The fourth-order valence-electron chi connectivity index (χ4n) is 4.11. The van der Waals surface area contributed by atoms with Crippen LogP contribution in [0.4, 0.5) is 0 Å². The summed E-state index contributed by atoms with van der Waals surface area (Å²) in [5.74, 6) is -0.00607. The molecule has 8 nitrogen and oxygen atoms in total. The normalized spacial score (nSPS) is 13.9. The van der Waals surface area contributed by atoms with Gasteiger partial charge in [-0.3, -0.25) is 4.79 Å². The van der Waals surface area contributed by atoms with Crippen LogP contribution in [-0.2, 0) is 20.7 Å². The molecular weight excluding hydrogens is 480 g/mol. The first-order valence-electron chi connectivity index (χ1n) is 13.4. The molecule has 3 aromatic rings. The molecule has 8 heteroatoms. The number of hydrogen-bond acceptors (Lipinski definition) is 8. The van der Waals surface area contributed by atoms with E-state index in [1.165, 1.54) is 25.7 Å². The van der Waals surface area contributed by atoms with Crippen LogP contribution < -0.4 is 15.8 Å². The van der Waals surface area contributed by atoms with E-state index in [1.54, 1.807) is 12.4 Å². The van der Waals surface area contributed by atoms with Crippen molar-refractivity contribution >= 4 is 11.9 Å². The molecule has 0 saturated carbocycles. The van der Waals surface area contributed by atoms with Crippen LogP contribution in [0.1, 0.15) is 44.6 Å². The number of nitrogens with two attached hydrogens (primary N) is 1. The molecule has 1 fully saturated rings. The number of ether oxygens (including phenoxy) is 2. The molecule has 3 N–H and O–H groups in total. The zero-order valence-corrected chi connectivity index (χ0v) is 21.9. The number of esters is 2. The van der Waals surface area contributed by atoms with Gasteiger partial charge in [0.25, 0.3) is 0 Å². The third-order valence-electron chi connectivity index (χ3n) is 6.64. The van der Waals surface area contributed by atoms with Gasteiger partial charge >= 0.3 is 11.9 Å². The fraction of sp³-hybridized carbons (Fsp3) is 0.400. The van der Waals surface area contributed by atoms with E-state index in [9.17, 15) is 9.59 Å². The van der Waals surface area contributed by atoms with Crippen molar-refractivity contribution in [2.45, 2.75) is 51.5 Å². The quantitative estimate of drug-likeness (QED) is 0.196. The largest absolute Gasteiger partial charge is 0.494 e. The maximum Gasteiger partial charge on any atom is 0.330 e. The van der Waals surface area contributed by atoms with E-state index in [4.69, 9.17) is 15.2 Å². The van der Waals surface area contributed by atoms with E-state index >= 15 is 0 Å². The topological polar surface area (TPSA) is 116 Å². The second-order valence-corrected chi connectivity index (χ2v) is 9.69. The molecule has 1 saturated heterocycles. The first kappa shape index (κ1) is 27.4. The van der Waals surface area contributed by atoms with Gasteiger partial charge in [0.2, 0.25) is 0 Å². The van der Waals surface area contributed by atoms with Gasteiger partial charge in [-0.25, -0.2) is 14.8 Å². The number of nitrogens with one attached hydrogen (secondary N) is 1. The summed E-state index contributed by atoms with van der Waals surface area (Å²) in [4.78, 5) is 33.0. The lowest BCUT2D eigenvalue weighted by Gasteiger charge is -2.24. The Morgan fingerprint density at radius 3 is 2.21 bits per heavy atom. The molecule has 1 atom stereocenters. The molecule has 1 aliphatic heterocycles. The Kier molecular flexibility index (Phi) is 9.95. The van der Waals surface area contributed by atoms with E-state index in [-0.39, 0.29) is 12.3 Å². The predicted octanol–water partition coefficient (Wildman–Crippen LogP) is 4.32. The monoisotopic (exact) mass is 516 g/mol. The van der Waals surface area contributed by atoms with Gasteiger partial charge in [-0.2, -0.15) is 0 Å². The minimum absolute atomic E-state index is 0.264. The maximum absolute atomic E-state index is 12.1. The minimum Gasteiger partial charge on any atom is -0.494 e. The van der Waals surface area contributed by atoms with Crippen molar-refractivity contribution < 1.29 is 19.1 Å². The number of carbonyl (C=O) groups excluding carboxylic acids is 2. The molecule has 4 rings (SSSR count). The van der Waals surface area contributed by atoms with Gasteiger partial charge in [-0.1, -0.05) is 69.0 Å². The van der Waals surface area contributed by atoms with Crippen LogP contribution in [0.5, 0.6) is 5.75 Å². The molecule has 0 aliphatic carbocycles. The zero-order chi connectivity index (χ0) is 26.7. The van der Waals surface area contributed by atoms with Crippen molar-refractivity contribution in [3.63, 3.8) is 0 Å². The lowest BCUT2D eigenvalue weighted by atomic mass is 10.0. The number of hydrogen-bond donors (Lipinski definition) is 2. The predicted molar refractivity (Wildman–Crippen MR) is 146 cm³/mol. The number of aromatic nitrogens is 2. The molecule has 0 unspecified atom stereocenters. The Bertz CT molecular complexity index is 1180. The Hall–Kier alpha value is -3.62. The summed E-state index contributed by atoms with van der Waals surface area (Å²) < 4.78 is 10.8. The summed E-state index contributed by atoms with van der Waals surface area (Å²) in [6.07, 6.45) is 9.98. The molecule has 2 heterocycles. The average Bonchev–Trinajstić information content (AvgIpc) is 2.90. The highest BCUT2D eigenvalue weighted by molar-refractivity contribution is 5.90. The summed E-state index contributed by atoms with van der Waals surface area (Å²) in [5, 5.41) is 2.97. The molecule has 0 amide bonds. The summed E-state index contributed by atoms with van der Waals surface area (Å²) in [6.45, 7) is 4.03. The molecule has 0 radical (unpaired) electrons. The van der Waals surface area contributed by atoms with E-state index in [1.807, 2.05) is 48.5 Å². The Labute approximate surface area is 224 Å². The van der Waals surface area contributed by atoms with E-state index in [0.717, 1.165) is 41.0 Å². The van der Waals surface area contributed by atoms with E-state index < -0.39 is 18.0 Å². The van der Waals surface area contributed by atoms with Crippen molar-refractivity contribution in [1.29, 1.82) is 0 Å². The van der Waals surface area contributed by atoms with Crippen LogP contribution in [0.3, 0.4) is 0 Å². The first-order chi connectivity index (χ1) is 18.5. The zero-order valence-electron chi connectivity index (χ0n) is 21.9. The van der Waals surface area contributed by atoms with Crippen LogP contribution in [0.2, 0.25) is 0 Å². The van der Waals surface area contributed by atoms with Gasteiger partial charge in [0.1, 0.15) is 11.8 Å². The summed E-state index contributed by atoms with van der Waals surface area (Å²) in [6, 6.07) is 14.6. The van der Waals surface area contributed by atoms with Crippen LogP contribution in [-0.4, -0.2) is 47.6 Å². The molecule has 1 aliphatic rings. The van der Waals surface area contributed by atoms with Crippen molar-refractivity contribution in [2.75, 3.05) is 19.7 Å².